The second kappa shape index (κ2) is 9.23. The van der Waals surface area contributed by atoms with E-state index in [2.05, 4.69) is 29.4 Å². The molecule has 2 atom stereocenters. The number of nitrogens with one attached hydrogen (secondary N) is 1. The summed E-state index contributed by atoms with van der Waals surface area (Å²) in [4.78, 5) is 11.9. The number of nitrogens with zero attached hydrogens (tertiary/aromatic N) is 3. The van der Waals surface area contributed by atoms with Crippen LogP contribution in [-0.2, 0) is 11.3 Å². The summed E-state index contributed by atoms with van der Waals surface area (Å²) in [5.41, 5.74) is 5.98. The fraction of sp³-hybridized carbons (Fsp3) is 0.769. The first-order valence-corrected chi connectivity index (χ1v) is 6.98. The molecule has 1 fully saturated rings. The number of hydrogen-bond acceptors (Lipinski definition) is 4. The molecule has 1 heterocycles. The van der Waals surface area contributed by atoms with Crippen molar-refractivity contribution in [3.63, 3.8) is 0 Å². The van der Waals surface area contributed by atoms with Gasteiger partial charge in [0.25, 0.3) is 0 Å². The topological polar surface area (TPSA) is 85.8 Å². The molecular weight excluding hydrogens is 313 g/mol. The highest BCUT2D eigenvalue weighted by molar-refractivity contribution is 5.85. The van der Waals surface area contributed by atoms with E-state index in [0.717, 1.165) is 25.1 Å². The van der Waals surface area contributed by atoms with Crippen molar-refractivity contribution in [2.75, 3.05) is 0 Å². The van der Waals surface area contributed by atoms with Gasteiger partial charge in [-0.2, -0.15) is 0 Å². The lowest BCUT2D eigenvalue weighted by Crippen LogP contribution is -2.32. The molecule has 2 rings (SSSR count). The summed E-state index contributed by atoms with van der Waals surface area (Å²) in [7, 11) is 0. The molecule has 1 amide bonds. The van der Waals surface area contributed by atoms with Crippen LogP contribution >= 0.6 is 24.8 Å². The second-order valence-electron chi connectivity index (χ2n) is 5.58. The van der Waals surface area contributed by atoms with E-state index in [1.54, 1.807) is 6.33 Å². The molecule has 1 aliphatic carbocycles. The maximum Gasteiger partial charge on any atom is 0.220 e. The van der Waals surface area contributed by atoms with Crippen LogP contribution < -0.4 is 11.1 Å². The maximum atomic E-state index is 11.9. The summed E-state index contributed by atoms with van der Waals surface area (Å²) in [6, 6.07) is 0.482. The smallest absolute Gasteiger partial charge is 0.220 e. The van der Waals surface area contributed by atoms with E-state index in [4.69, 9.17) is 5.73 Å². The molecule has 6 nitrogen and oxygen atoms in total. The minimum atomic E-state index is 0. The monoisotopic (exact) mass is 337 g/mol. The van der Waals surface area contributed by atoms with Gasteiger partial charge in [0.05, 0.1) is 6.54 Å². The molecule has 1 aromatic rings. The molecule has 0 bridgehead atoms. The Hall–Kier alpha value is -0.850. The summed E-state index contributed by atoms with van der Waals surface area (Å²) in [6.07, 6.45) is 5.47. The van der Waals surface area contributed by atoms with Crippen LogP contribution in [0.15, 0.2) is 6.33 Å². The summed E-state index contributed by atoms with van der Waals surface area (Å²) in [5.74, 6) is 1.18. The Morgan fingerprint density at radius 2 is 2.19 bits per heavy atom. The molecule has 0 aliphatic heterocycles. The van der Waals surface area contributed by atoms with Gasteiger partial charge in [-0.15, -0.1) is 35.0 Å². The number of aromatic nitrogens is 3. The van der Waals surface area contributed by atoms with Gasteiger partial charge < -0.3 is 15.6 Å². The lowest BCUT2D eigenvalue weighted by molar-refractivity contribution is -0.122. The largest absolute Gasteiger partial charge is 0.349 e. The normalized spacial score (nSPS) is 20.8. The van der Waals surface area contributed by atoms with Crippen LogP contribution in [0.3, 0.4) is 0 Å². The molecule has 0 radical (unpaired) electrons. The van der Waals surface area contributed by atoms with Crippen molar-refractivity contribution < 1.29 is 4.79 Å². The predicted octanol–water partition coefficient (Wildman–Crippen LogP) is 1.84. The minimum absolute atomic E-state index is 0. The van der Waals surface area contributed by atoms with Gasteiger partial charge >= 0.3 is 0 Å². The molecule has 0 aromatic carbocycles. The number of nitrogens with two attached hydrogens (primary N) is 1. The van der Waals surface area contributed by atoms with E-state index in [9.17, 15) is 4.79 Å². The van der Waals surface area contributed by atoms with Crippen molar-refractivity contribution in [3.05, 3.63) is 12.2 Å². The van der Waals surface area contributed by atoms with Gasteiger partial charge in [-0.25, -0.2) is 0 Å². The highest BCUT2D eigenvalue weighted by Gasteiger charge is 2.26. The second-order valence-corrected chi connectivity index (χ2v) is 5.58. The Kier molecular flexibility index (Phi) is 8.85. The van der Waals surface area contributed by atoms with Gasteiger partial charge in [0.1, 0.15) is 6.33 Å². The summed E-state index contributed by atoms with van der Waals surface area (Å²) >= 11 is 0. The third-order valence-corrected chi connectivity index (χ3v) is 3.81. The minimum Gasteiger partial charge on any atom is -0.349 e. The average Bonchev–Trinajstić information content (AvgIpc) is 2.96. The summed E-state index contributed by atoms with van der Waals surface area (Å²) in [5, 5.41) is 10.8. The Morgan fingerprint density at radius 3 is 2.76 bits per heavy atom. The van der Waals surface area contributed by atoms with Crippen molar-refractivity contribution in [1.29, 1.82) is 0 Å². The molecule has 21 heavy (non-hydrogen) atoms. The van der Waals surface area contributed by atoms with E-state index < -0.39 is 0 Å². The lowest BCUT2D eigenvalue weighted by atomic mass is 10.00. The van der Waals surface area contributed by atoms with Gasteiger partial charge in [0.2, 0.25) is 5.91 Å². The van der Waals surface area contributed by atoms with Gasteiger partial charge in [0.15, 0.2) is 5.82 Å². The van der Waals surface area contributed by atoms with Crippen molar-refractivity contribution in [3.8, 4) is 0 Å². The number of rotatable bonds is 5. The first-order chi connectivity index (χ1) is 9.08. The number of hydrogen-bond donors (Lipinski definition) is 2. The third kappa shape index (κ3) is 5.45. The number of carbonyl (C=O) groups is 1. The highest BCUT2D eigenvalue weighted by atomic mass is 35.5. The lowest BCUT2D eigenvalue weighted by Gasteiger charge is -2.15. The van der Waals surface area contributed by atoms with E-state index in [1.807, 2.05) is 4.57 Å². The van der Waals surface area contributed by atoms with Crippen LogP contribution in [0.5, 0.6) is 0 Å². The van der Waals surface area contributed by atoms with Crippen LogP contribution in [-0.4, -0.2) is 26.7 Å². The molecule has 1 aromatic heterocycles. The quantitative estimate of drug-likeness (QED) is 0.858. The fourth-order valence-electron chi connectivity index (χ4n) is 2.63. The Morgan fingerprint density at radius 1 is 1.48 bits per heavy atom. The van der Waals surface area contributed by atoms with E-state index in [1.165, 1.54) is 0 Å². The maximum absolute atomic E-state index is 11.9. The summed E-state index contributed by atoms with van der Waals surface area (Å²) < 4.78 is 1.96. The van der Waals surface area contributed by atoms with Crippen LogP contribution in [0.25, 0.3) is 0 Å². The van der Waals surface area contributed by atoms with Gasteiger partial charge in [-0.3, -0.25) is 4.79 Å². The Balaban J connectivity index is 0.00000200. The SMILES string of the molecule is CC(C)n1cnnc1CNC(=O)C[C@@H]1CCC[C@H]1N.Cl.Cl. The number of amides is 1. The van der Waals surface area contributed by atoms with Crippen LogP contribution in [0.4, 0.5) is 0 Å². The van der Waals surface area contributed by atoms with Crippen molar-refractivity contribution in [2.24, 2.45) is 11.7 Å². The van der Waals surface area contributed by atoms with Crippen LogP contribution in [0.1, 0.15) is 51.4 Å². The molecule has 1 saturated carbocycles. The predicted molar refractivity (Wildman–Crippen MR) is 86.7 cm³/mol. The first kappa shape index (κ1) is 20.1. The molecule has 3 N–H and O–H groups in total. The highest BCUT2D eigenvalue weighted by Crippen LogP contribution is 2.26. The fourth-order valence-corrected chi connectivity index (χ4v) is 2.63. The Labute approximate surface area is 138 Å². The van der Waals surface area contributed by atoms with Gasteiger partial charge in [-0.05, 0) is 32.6 Å². The van der Waals surface area contributed by atoms with Crippen LogP contribution in [0.2, 0.25) is 0 Å². The van der Waals surface area contributed by atoms with E-state index >= 15 is 0 Å². The van der Waals surface area contributed by atoms with E-state index in [-0.39, 0.29) is 36.8 Å². The molecule has 122 valence electrons. The molecule has 1 aliphatic rings. The molecular formula is C13H25Cl2N5O. The zero-order chi connectivity index (χ0) is 13.8. The van der Waals surface area contributed by atoms with Crippen molar-refractivity contribution >= 4 is 30.7 Å². The van der Waals surface area contributed by atoms with Crippen molar-refractivity contribution in [1.82, 2.24) is 20.1 Å². The van der Waals surface area contributed by atoms with E-state index in [0.29, 0.717) is 24.9 Å². The zero-order valence-electron chi connectivity index (χ0n) is 12.5. The molecule has 0 saturated heterocycles. The molecule has 0 unspecified atom stereocenters. The average molecular weight is 338 g/mol. The Bertz CT molecular complexity index is 438. The van der Waals surface area contributed by atoms with Gasteiger partial charge in [0, 0.05) is 18.5 Å². The molecule has 0 spiro atoms. The third-order valence-electron chi connectivity index (χ3n) is 3.81. The van der Waals surface area contributed by atoms with Crippen LogP contribution in [0, 0.1) is 5.92 Å². The molecule has 8 heteroatoms. The standard InChI is InChI=1S/C13H23N5O.2ClH/c1-9(2)18-8-16-17-12(18)7-15-13(19)6-10-4-3-5-11(10)14;;/h8-11H,3-7,14H2,1-2H3,(H,15,19);2*1H/t10-,11+;;/m0../s1. The zero-order valence-corrected chi connectivity index (χ0v) is 14.1. The van der Waals surface area contributed by atoms with Gasteiger partial charge in [-0.1, -0.05) is 6.42 Å². The van der Waals surface area contributed by atoms with Crippen molar-refractivity contribution in [2.45, 2.75) is 58.2 Å². The summed E-state index contributed by atoms with van der Waals surface area (Å²) in [6.45, 7) is 4.55. The number of halogens is 2. The first-order valence-electron chi connectivity index (χ1n) is 6.98. The number of carbonyl (C=O) groups excluding carboxylic acids is 1.